The third-order valence-electron chi connectivity index (χ3n) is 1.30. The van der Waals surface area contributed by atoms with E-state index in [1.807, 2.05) is 0 Å². The number of carboxylic acids is 1. The first-order valence-corrected chi connectivity index (χ1v) is 3.62. The third kappa shape index (κ3) is 4.06. The Morgan fingerprint density at radius 2 is 2.38 bits per heavy atom. The molecule has 0 unspecified atom stereocenters. The van der Waals surface area contributed by atoms with Crippen LogP contribution in [-0.2, 0) is 4.79 Å². The van der Waals surface area contributed by atoms with E-state index in [9.17, 15) is 9.90 Å². The van der Waals surface area contributed by atoms with E-state index in [4.69, 9.17) is 5.73 Å². The Hall–Kier alpha value is -0.140. The number of rotatable bonds is 3. The van der Waals surface area contributed by atoms with E-state index in [2.05, 4.69) is 22.2 Å². The summed E-state index contributed by atoms with van der Waals surface area (Å²) in [7, 11) is 0. The van der Waals surface area contributed by atoms with Crippen LogP contribution in [0.4, 0.5) is 0 Å². The Balaban J connectivity index is 0.00000144. The van der Waals surface area contributed by atoms with Crippen LogP contribution in [0, 0.1) is 0 Å². The van der Waals surface area contributed by atoms with Crippen LogP contribution in [0.25, 0.3) is 0 Å². The molecule has 0 aromatic rings. The summed E-state index contributed by atoms with van der Waals surface area (Å²) in [6.45, 7) is 0. The molecule has 1 atom stereocenters. The number of aliphatic imine (C=N–C) groups is 2. The van der Waals surface area contributed by atoms with Crippen LogP contribution in [0.2, 0.25) is 0 Å². The maximum Gasteiger partial charge on any atom is 1.00 e. The molecular formula is C6H6N3NaO2S. The van der Waals surface area contributed by atoms with Crippen LogP contribution in [-0.4, -0.2) is 29.0 Å². The molecule has 0 saturated heterocycles. The molecule has 1 heterocycles. The first-order valence-electron chi connectivity index (χ1n) is 3.21. The molecule has 0 aromatic carbocycles. The summed E-state index contributed by atoms with van der Waals surface area (Å²) in [6.07, 6.45) is 1.51. The van der Waals surface area contributed by atoms with Crippen molar-refractivity contribution in [2.24, 2.45) is 15.7 Å². The molecule has 13 heavy (non-hydrogen) atoms. The summed E-state index contributed by atoms with van der Waals surface area (Å²) in [4.78, 5) is 17.6. The average Bonchev–Trinajstić information content (AvgIpc) is 2.35. The van der Waals surface area contributed by atoms with Gasteiger partial charge in [0.15, 0.2) is 0 Å². The molecule has 0 bridgehead atoms. The van der Waals surface area contributed by atoms with Crippen LogP contribution < -0.4 is 40.4 Å². The number of carboxylic acid groups (broad SMARTS) is 1. The van der Waals surface area contributed by atoms with Gasteiger partial charge in [0, 0.05) is 12.5 Å². The SMILES string of the molecule is N[C@@H](CC1=NC(=S)N=C1)C(=O)[O-].[Na+]. The van der Waals surface area contributed by atoms with Gasteiger partial charge in [-0.1, -0.05) is 0 Å². The number of hydrogen-bond donors (Lipinski definition) is 1. The van der Waals surface area contributed by atoms with Gasteiger partial charge in [0.2, 0.25) is 5.11 Å². The normalized spacial score (nSPS) is 16.4. The van der Waals surface area contributed by atoms with Gasteiger partial charge in [0.1, 0.15) is 0 Å². The Morgan fingerprint density at radius 3 is 2.77 bits per heavy atom. The average molecular weight is 207 g/mol. The van der Waals surface area contributed by atoms with Gasteiger partial charge in [0.05, 0.1) is 17.9 Å². The smallest absolute Gasteiger partial charge is 0.548 e. The molecule has 0 radical (unpaired) electrons. The predicted octanol–water partition coefficient (Wildman–Crippen LogP) is -4.73. The molecule has 2 N–H and O–H groups in total. The topological polar surface area (TPSA) is 90.9 Å². The van der Waals surface area contributed by atoms with E-state index in [0.29, 0.717) is 5.71 Å². The van der Waals surface area contributed by atoms with Crippen molar-refractivity contribution in [1.82, 2.24) is 0 Å². The van der Waals surface area contributed by atoms with Crippen molar-refractivity contribution >= 4 is 35.2 Å². The van der Waals surface area contributed by atoms with E-state index in [1.165, 1.54) is 6.21 Å². The monoisotopic (exact) mass is 207 g/mol. The van der Waals surface area contributed by atoms with Crippen LogP contribution >= 0.6 is 12.2 Å². The maximum absolute atomic E-state index is 10.2. The van der Waals surface area contributed by atoms with E-state index in [0.717, 1.165) is 0 Å². The van der Waals surface area contributed by atoms with Crippen molar-refractivity contribution in [2.45, 2.75) is 12.5 Å². The summed E-state index contributed by atoms with van der Waals surface area (Å²) in [5.41, 5.74) is 5.68. The minimum atomic E-state index is -1.30. The Kier molecular flexibility index (Phi) is 5.50. The third-order valence-corrected chi connectivity index (χ3v) is 1.49. The zero-order valence-corrected chi connectivity index (χ0v) is 9.87. The van der Waals surface area contributed by atoms with Crippen LogP contribution in [0.15, 0.2) is 9.98 Å². The molecule has 0 aromatic heterocycles. The molecule has 0 saturated carbocycles. The first-order chi connectivity index (χ1) is 5.59. The first kappa shape index (κ1) is 12.9. The van der Waals surface area contributed by atoms with Crippen molar-refractivity contribution in [3.05, 3.63) is 0 Å². The second kappa shape index (κ2) is 5.56. The Bertz CT molecular complexity index is 290. The molecule has 5 nitrogen and oxygen atoms in total. The summed E-state index contributed by atoms with van der Waals surface area (Å²) in [5, 5.41) is 10.4. The van der Waals surface area contributed by atoms with Crippen molar-refractivity contribution in [2.75, 3.05) is 0 Å². The minimum Gasteiger partial charge on any atom is -0.548 e. The Morgan fingerprint density at radius 1 is 1.77 bits per heavy atom. The molecule has 7 heteroatoms. The van der Waals surface area contributed by atoms with Gasteiger partial charge in [-0.15, -0.1) is 0 Å². The van der Waals surface area contributed by atoms with Gasteiger partial charge in [-0.25, -0.2) is 9.98 Å². The quantitative estimate of drug-likeness (QED) is 0.371. The number of carbonyl (C=O) groups is 1. The summed E-state index contributed by atoms with van der Waals surface area (Å²) < 4.78 is 0. The Labute approximate surface area is 102 Å². The summed E-state index contributed by atoms with van der Waals surface area (Å²) in [6, 6.07) is -1.05. The molecule has 0 fully saturated rings. The zero-order chi connectivity index (χ0) is 9.14. The minimum absolute atomic E-state index is 0. The largest absolute Gasteiger partial charge is 1.00 e. The molecule has 1 rings (SSSR count). The van der Waals surface area contributed by atoms with Gasteiger partial charge in [0.25, 0.3) is 0 Å². The van der Waals surface area contributed by atoms with E-state index in [1.54, 1.807) is 0 Å². The second-order valence-corrected chi connectivity index (χ2v) is 2.64. The molecule has 0 aliphatic carbocycles. The predicted molar refractivity (Wildman–Crippen MR) is 46.1 cm³/mol. The van der Waals surface area contributed by atoms with E-state index in [-0.39, 0.29) is 41.1 Å². The van der Waals surface area contributed by atoms with Crippen LogP contribution in [0.5, 0.6) is 0 Å². The van der Waals surface area contributed by atoms with E-state index >= 15 is 0 Å². The van der Waals surface area contributed by atoms with Crippen LogP contribution in [0.3, 0.4) is 0 Å². The molecule has 0 amide bonds. The number of aliphatic carboxylic acids is 1. The van der Waals surface area contributed by atoms with Gasteiger partial charge in [-0.3, -0.25) is 0 Å². The van der Waals surface area contributed by atoms with Gasteiger partial charge >= 0.3 is 29.6 Å². The van der Waals surface area contributed by atoms with Crippen molar-refractivity contribution < 1.29 is 39.5 Å². The van der Waals surface area contributed by atoms with Crippen molar-refractivity contribution in [3.8, 4) is 0 Å². The number of nitrogens with two attached hydrogens (primary N) is 1. The zero-order valence-electron chi connectivity index (χ0n) is 7.06. The fraction of sp³-hybridized carbons (Fsp3) is 0.333. The number of nitrogens with zero attached hydrogens (tertiary/aromatic N) is 2. The molecule has 1 aliphatic heterocycles. The van der Waals surface area contributed by atoms with Crippen molar-refractivity contribution in [1.29, 1.82) is 0 Å². The van der Waals surface area contributed by atoms with E-state index < -0.39 is 12.0 Å². The number of carbonyl (C=O) groups excluding carboxylic acids is 1. The van der Waals surface area contributed by atoms with Gasteiger partial charge < -0.3 is 15.6 Å². The second-order valence-electron chi connectivity index (χ2n) is 2.27. The number of hydrogen-bond acceptors (Lipinski definition) is 4. The molecule has 0 spiro atoms. The molecule has 64 valence electrons. The molecule has 1 aliphatic rings. The van der Waals surface area contributed by atoms with Gasteiger partial charge in [-0.2, -0.15) is 0 Å². The summed E-state index contributed by atoms with van der Waals surface area (Å²) >= 11 is 4.63. The van der Waals surface area contributed by atoms with Crippen molar-refractivity contribution in [3.63, 3.8) is 0 Å². The fourth-order valence-corrected chi connectivity index (χ4v) is 0.887. The number of thiocarbonyl (C=S) groups is 1. The molecular weight excluding hydrogens is 201 g/mol. The van der Waals surface area contributed by atoms with Gasteiger partial charge in [-0.05, 0) is 12.2 Å². The summed E-state index contributed by atoms with van der Waals surface area (Å²) in [5.74, 6) is -1.30. The standard InChI is InChI=1S/C6H7N3O2S.Na/c7-4(5(10)11)1-3-2-8-6(12)9-3;/h2,4H,1,7H2,(H,10,11);/q;+1/p-1/t4-;/m0./s1. The fourth-order valence-electron chi connectivity index (χ4n) is 0.717. The maximum atomic E-state index is 10.2. The van der Waals surface area contributed by atoms with Crippen LogP contribution in [0.1, 0.15) is 6.42 Å².